The smallest absolute Gasteiger partial charge is 0.120 e. The lowest BCUT2D eigenvalue weighted by atomic mass is 9.99. The lowest BCUT2D eigenvalue weighted by Gasteiger charge is -2.23. The number of rotatable bonds is 3. The van der Waals surface area contributed by atoms with E-state index in [0.29, 0.717) is 0 Å². The zero-order valence-corrected chi connectivity index (χ0v) is 10.2. The molecular weight excluding hydrogens is 214 g/mol. The summed E-state index contributed by atoms with van der Waals surface area (Å²) in [5, 5.41) is 17.4. The Kier molecular flexibility index (Phi) is 2.92. The van der Waals surface area contributed by atoms with Gasteiger partial charge in [0.2, 0.25) is 0 Å². The quantitative estimate of drug-likeness (QED) is 0.834. The highest BCUT2D eigenvalue weighted by Crippen LogP contribution is 2.33. The molecular formula is C13H21N3O. The molecule has 1 saturated carbocycles. The second-order valence-electron chi connectivity index (χ2n) is 5.64. The molecule has 0 radical (unpaired) electrons. The van der Waals surface area contributed by atoms with Gasteiger partial charge in [0.15, 0.2) is 0 Å². The number of aromatic amines is 1. The van der Waals surface area contributed by atoms with Crippen molar-refractivity contribution >= 4 is 0 Å². The van der Waals surface area contributed by atoms with E-state index in [2.05, 4.69) is 15.1 Å². The molecule has 2 heterocycles. The predicted molar refractivity (Wildman–Crippen MR) is 65.5 cm³/mol. The average Bonchev–Trinajstić information content (AvgIpc) is 3.00. The highest BCUT2D eigenvalue weighted by Gasteiger charge is 2.39. The lowest BCUT2D eigenvalue weighted by Crippen LogP contribution is -2.33. The summed E-state index contributed by atoms with van der Waals surface area (Å²) in [4.78, 5) is 2.41. The van der Waals surface area contributed by atoms with Gasteiger partial charge in [-0.1, -0.05) is 12.8 Å². The van der Waals surface area contributed by atoms with E-state index in [1.54, 1.807) is 6.20 Å². The monoisotopic (exact) mass is 235 g/mol. The van der Waals surface area contributed by atoms with Crippen molar-refractivity contribution in [3.63, 3.8) is 0 Å². The molecule has 0 aromatic carbocycles. The molecule has 0 amide bonds. The van der Waals surface area contributed by atoms with Gasteiger partial charge in [-0.15, -0.1) is 0 Å². The van der Waals surface area contributed by atoms with Crippen LogP contribution in [0, 0.1) is 5.92 Å². The first-order valence-corrected chi connectivity index (χ1v) is 6.71. The van der Waals surface area contributed by atoms with Gasteiger partial charge in [0.05, 0.1) is 5.69 Å². The Balaban J connectivity index is 1.61. The summed E-state index contributed by atoms with van der Waals surface area (Å²) in [5.41, 5.74) is 0.168. The minimum atomic E-state index is -0.699. The van der Waals surface area contributed by atoms with Crippen molar-refractivity contribution in [1.29, 1.82) is 0 Å². The Morgan fingerprint density at radius 3 is 3.00 bits per heavy atom. The lowest BCUT2D eigenvalue weighted by molar-refractivity contribution is 0.0401. The van der Waals surface area contributed by atoms with Gasteiger partial charge in [-0.3, -0.25) is 10.00 Å². The molecule has 0 spiro atoms. The molecule has 1 unspecified atom stereocenters. The zero-order chi connectivity index (χ0) is 11.7. The fourth-order valence-electron chi connectivity index (χ4n) is 3.32. The number of aliphatic hydroxyl groups is 1. The first-order valence-electron chi connectivity index (χ1n) is 6.71. The third-order valence-electron chi connectivity index (χ3n) is 4.32. The Hall–Kier alpha value is -0.870. The summed E-state index contributed by atoms with van der Waals surface area (Å²) < 4.78 is 0. The summed E-state index contributed by atoms with van der Waals surface area (Å²) >= 11 is 0. The van der Waals surface area contributed by atoms with E-state index in [1.165, 1.54) is 25.7 Å². The predicted octanol–water partition coefficient (Wildman–Crippen LogP) is 1.49. The van der Waals surface area contributed by atoms with Crippen molar-refractivity contribution in [2.75, 3.05) is 19.6 Å². The molecule has 0 bridgehead atoms. The molecule has 4 heteroatoms. The maximum atomic E-state index is 10.6. The topological polar surface area (TPSA) is 52.2 Å². The van der Waals surface area contributed by atoms with Crippen molar-refractivity contribution in [3.8, 4) is 0 Å². The van der Waals surface area contributed by atoms with Crippen molar-refractivity contribution in [2.24, 2.45) is 5.92 Å². The maximum Gasteiger partial charge on any atom is 0.120 e. The van der Waals surface area contributed by atoms with E-state index >= 15 is 0 Å². The summed E-state index contributed by atoms with van der Waals surface area (Å²) in [5.74, 6) is 0.860. The molecule has 2 fully saturated rings. The Bertz CT molecular complexity index is 359. The molecule has 2 aliphatic rings. The molecule has 94 valence electrons. The van der Waals surface area contributed by atoms with Gasteiger partial charge in [0.25, 0.3) is 0 Å². The van der Waals surface area contributed by atoms with Crippen LogP contribution in [0.2, 0.25) is 0 Å². The Morgan fingerprint density at radius 2 is 2.29 bits per heavy atom. The minimum absolute atomic E-state index is 0.699. The summed E-state index contributed by atoms with van der Waals surface area (Å²) in [6, 6.07) is 1.89. The van der Waals surface area contributed by atoms with Crippen LogP contribution in [0.1, 0.15) is 37.8 Å². The highest BCUT2D eigenvalue weighted by molar-refractivity contribution is 5.13. The molecule has 1 aromatic heterocycles. The van der Waals surface area contributed by atoms with Crippen LogP contribution < -0.4 is 0 Å². The second kappa shape index (κ2) is 4.42. The molecule has 17 heavy (non-hydrogen) atoms. The number of nitrogens with one attached hydrogen (secondary N) is 1. The number of H-pyrrole nitrogens is 1. The standard InChI is InChI=1S/C13H21N3O/c17-13(12-5-7-14-15-12)6-8-16(10-13)9-11-3-1-2-4-11/h5,7,11,17H,1-4,6,8-10H2,(H,14,15). The largest absolute Gasteiger partial charge is 0.382 e. The number of β-amino-alcohol motifs (C(OH)–C–C–N with tert-alkyl or cyclic N) is 1. The molecule has 1 aliphatic carbocycles. The number of likely N-dealkylation sites (tertiary alicyclic amines) is 1. The summed E-state index contributed by atoms with van der Waals surface area (Å²) in [7, 11) is 0. The fourth-order valence-corrected chi connectivity index (χ4v) is 3.32. The van der Waals surface area contributed by atoms with Crippen molar-refractivity contribution in [3.05, 3.63) is 18.0 Å². The van der Waals surface area contributed by atoms with Crippen molar-refractivity contribution in [1.82, 2.24) is 15.1 Å². The maximum absolute atomic E-state index is 10.6. The van der Waals surface area contributed by atoms with Gasteiger partial charge < -0.3 is 5.11 Å². The Morgan fingerprint density at radius 1 is 1.47 bits per heavy atom. The molecule has 1 atom stereocenters. The summed E-state index contributed by atoms with van der Waals surface area (Å²) in [6.45, 7) is 2.92. The van der Waals surface area contributed by atoms with Crippen molar-refractivity contribution < 1.29 is 5.11 Å². The first kappa shape index (κ1) is 11.2. The molecule has 3 rings (SSSR count). The van der Waals surface area contributed by atoms with Crippen LogP contribution in [-0.2, 0) is 5.60 Å². The third kappa shape index (κ3) is 2.24. The molecule has 1 saturated heterocycles. The molecule has 1 aliphatic heterocycles. The number of hydrogen-bond acceptors (Lipinski definition) is 3. The average molecular weight is 235 g/mol. The second-order valence-corrected chi connectivity index (χ2v) is 5.64. The van der Waals surface area contributed by atoms with E-state index in [1.807, 2.05) is 6.07 Å². The van der Waals surface area contributed by atoms with Crippen LogP contribution in [0.25, 0.3) is 0 Å². The molecule has 2 N–H and O–H groups in total. The van der Waals surface area contributed by atoms with Gasteiger partial charge in [0.1, 0.15) is 5.60 Å². The summed E-state index contributed by atoms with van der Waals surface area (Å²) in [6.07, 6.45) is 8.07. The van der Waals surface area contributed by atoms with E-state index < -0.39 is 5.60 Å². The van der Waals surface area contributed by atoms with E-state index in [0.717, 1.165) is 37.7 Å². The molecule has 1 aromatic rings. The van der Waals surface area contributed by atoms with Crippen LogP contribution in [0.4, 0.5) is 0 Å². The number of nitrogens with zero attached hydrogens (tertiary/aromatic N) is 2. The third-order valence-corrected chi connectivity index (χ3v) is 4.32. The SMILES string of the molecule is OC1(c2ccn[nH]2)CCN(CC2CCCC2)C1. The normalized spacial score (nSPS) is 31.4. The van der Waals surface area contributed by atoms with Crippen LogP contribution >= 0.6 is 0 Å². The Labute approximate surface area is 102 Å². The fraction of sp³-hybridized carbons (Fsp3) is 0.769. The van der Waals surface area contributed by atoms with E-state index in [-0.39, 0.29) is 0 Å². The van der Waals surface area contributed by atoms with Crippen LogP contribution in [0.15, 0.2) is 12.3 Å². The van der Waals surface area contributed by atoms with Gasteiger partial charge in [-0.25, -0.2) is 0 Å². The van der Waals surface area contributed by atoms with Gasteiger partial charge in [-0.05, 0) is 31.2 Å². The zero-order valence-electron chi connectivity index (χ0n) is 10.2. The van der Waals surface area contributed by atoms with Crippen LogP contribution in [0.5, 0.6) is 0 Å². The number of hydrogen-bond donors (Lipinski definition) is 2. The highest BCUT2D eigenvalue weighted by atomic mass is 16.3. The van der Waals surface area contributed by atoms with Crippen LogP contribution in [-0.4, -0.2) is 39.8 Å². The van der Waals surface area contributed by atoms with Gasteiger partial charge >= 0.3 is 0 Å². The minimum Gasteiger partial charge on any atom is -0.382 e. The molecule has 4 nitrogen and oxygen atoms in total. The first-order chi connectivity index (χ1) is 8.26. The van der Waals surface area contributed by atoms with E-state index in [9.17, 15) is 5.11 Å². The van der Waals surface area contributed by atoms with Gasteiger partial charge in [-0.2, -0.15) is 5.10 Å². The van der Waals surface area contributed by atoms with E-state index in [4.69, 9.17) is 0 Å². The van der Waals surface area contributed by atoms with Gasteiger partial charge in [0, 0.05) is 25.8 Å². The van der Waals surface area contributed by atoms with Crippen LogP contribution in [0.3, 0.4) is 0 Å². The van der Waals surface area contributed by atoms with Crippen molar-refractivity contribution in [2.45, 2.75) is 37.7 Å². The number of aromatic nitrogens is 2.